The van der Waals surface area contributed by atoms with E-state index in [1.165, 1.54) is 5.56 Å². The fourth-order valence-electron chi connectivity index (χ4n) is 4.10. The lowest BCUT2D eigenvalue weighted by atomic mass is 10.1. The van der Waals surface area contributed by atoms with Gasteiger partial charge in [0, 0.05) is 44.1 Å². The summed E-state index contributed by atoms with van der Waals surface area (Å²) in [6.45, 7) is 4.71. The highest BCUT2D eigenvalue weighted by Gasteiger charge is 2.32. The number of hydrogen-bond donors (Lipinski definition) is 0. The Morgan fingerprint density at radius 3 is 2.28 bits per heavy atom. The standard InChI is InChI=1S/C23H24N6O3/c1-16-2-4-17(5-3-16)20-14-29-19(15-32-20)21(25-26-29)23(31)28-12-10-27(11-13-28)22(30)18-6-8-24-9-7-18/h2-9,20H,10-15H2,1H3/t20-/m0/s1. The van der Waals surface area contributed by atoms with Gasteiger partial charge in [0.25, 0.3) is 11.8 Å². The Morgan fingerprint density at radius 1 is 0.938 bits per heavy atom. The number of aryl methyl sites for hydroxylation is 1. The van der Waals surface area contributed by atoms with Crippen molar-refractivity contribution in [2.24, 2.45) is 0 Å². The molecule has 0 saturated carbocycles. The monoisotopic (exact) mass is 432 g/mol. The maximum Gasteiger partial charge on any atom is 0.276 e. The maximum absolute atomic E-state index is 13.1. The van der Waals surface area contributed by atoms with Crippen LogP contribution in [0.25, 0.3) is 0 Å². The van der Waals surface area contributed by atoms with Crippen LogP contribution < -0.4 is 0 Å². The van der Waals surface area contributed by atoms with Crippen molar-refractivity contribution in [2.75, 3.05) is 26.2 Å². The summed E-state index contributed by atoms with van der Waals surface area (Å²) >= 11 is 0. The van der Waals surface area contributed by atoms with E-state index in [1.807, 2.05) is 6.92 Å². The number of carbonyl (C=O) groups excluding carboxylic acids is 2. The Bertz CT molecular complexity index is 1120. The Morgan fingerprint density at radius 2 is 1.59 bits per heavy atom. The predicted octanol–water partition coefficient (Wildman–Crippen LogP) is 1.85. The minimum absolute atomic E-state index is 0.0453. The number of rotatable bonds is 3. The van der Waals surface area contributed by atoms with Crippen LogP contribution in [0.4, 0.5) is 0 Å². The molecule has 164 valence electrons. The molecule has 1 atom stereocenters. The lowest BCUT2D eigenvalue weighted by molar-refractivity contribution is -0.00203. The molecule has 1 saturated heterocycles. The number of amides is 2. The molecule has 1 aromatic carbocycles. The second kappa shape index (κ2) is 8.51. The van der Waals surface area contributed by atoms with E-state index in [9.17, 15) is 9.59 Å². The number of benzene rings is 1. The number of piperazine rings is 1. The summed E-state index contributed by atoms with van der Waals surface area (Å²) in [6, 6.07) is 11.6. The van der Waals surface area contributed by atoms with Crippen LogP contribution in [-0.4, -0.2) is 67.8 Å². The number of pyridine rings is 1. The van der Waals surface area contributed by atoms with E-state index < -0.39 is 0 Å². The molecular formula is C23H24N6O3. The normalized spacial score (nSPS) is 18.3. The number of fused-ring (bicyclic) bond motifs is 1. The van der Waals surface area contributed by atoms with Gasteiger partial charge in [0.1, 0.15) is 6.10 Å². The number of aromatic nitrogens is 4. The second-order valence-corrected chi connectivity index (χ2v) is 8.10. The van der Waals surface area contributed by atoms with Gasteiger partial charge < -0.3 is 14.5 Å². The first kappa shape index (κ1) is 20.3. The summed E-state index contributed by atoms with van der Waals surface area (Å²) in [4.78, 5) is 33.2. The van der Waals surface area contributed by atoms with E-state index in [0.29, 0.717) is 49.7 Å². The average molecular weight is 432 g/mol. The van der Waals surface area contributed by atoms with Gasteiger partial charge >= 0.3 is 0 Å². The Kier molecular flexibility index (Phi) is 5.40. The zero-order chi connectivity index (χ0) is 22.1. The first-order valence-electron chi connectivity index (χ1n) is 10.7. The van der Waals surface area contributed by atoms with Crippen LogP contribution >= 0.6 is 0 Å². The molecule has 5 rings (SSSR count). The highest BCUT2D eigenvalue weighted by atomic mass is 16.5. The lowest BCUT2D eigenvalue weighted by Gasteiger charge is -2.34. The fourth-order valence-corrected chi connectivity index (χ4v) is 4.10. The van der Waals surface area contributed by atoms with E-state index in [1.54, 1.807) is 39.0 Å². The molecule has 9 heteroatoms. The van der Waals surface area contributed by atoms with Crippen molar-refractivity contribution in [1.29, 1.82) is 0 Å². The number of hydrogen-bond acceptors (Lipinski definition) is 6. The molecule has 32 heavy (non-hydrogen) atoms. The third-order valence-electron chi connectivity index (χ3n) is 6.03. The van der Waals surface area contributed by atoms with Gasteiger partial charge in [-0.2, -0.15) is 0 Å². The molecule has 9 nitrogen and oxygen atoms in total. The van der Waals surface area contributed by atoms with Crippen LogP contribution in [0.15, 0.2) is 48.8 Å². The highest BCUT2D eigenvalue weighted by molar-refractivity contribution is 5.95. The molecule has 0 N–H and O–H groups in total. The van der Waals surface area contributed by atoms with Crippen LogP contribution in [0.1, 0.15) is 43.8 Å². The minimum atomic E-state index is -0.167. The van der Waals surface area contributed by atoms with Gasteiger partial charge in [0.2, 0.25) is 0 Å². The summed E-state index contributed by atoms with van der Waals surface area (Å²) in [7, 11) is 0. The molecule has 2 aliphatic rings. The zero-order valence-electron chi connectivity index (χ0n) is 17.8. The Labute approximate surface area is 185 Å². The van der Waals surface area contributed by atoms with Crippen molar-refractivity contribution >= 4 is 11.8 Å². The van der Waals surface area contributed by atoms with Crippen LogP contribution in [0, 0.1) is 6.92 Å². The zero-order valence-corrected chi connectivity index (χ0v) is 17.8. The van der Waals surface area contributed by atoms with E-state index >= 15 is 0 Å². The molecule has 1 fully saturated rings. The van der Waals surface area contributed by atoms with Crippen molar-refractivity contribution in [1.82, 2.24) is 29.8 Å². The molecule has 0 aliphatic carbocycles. The predicted molar refractivity (Wildman–Crippen MR) is 115 cm³/mol. The van der Waals surface area contributed by atoms with Crippen LogP contribution in [0.5, 0.6) is 0 Å². The molecule has 4 heterocycles. The molecule has 0 unspecified atom stereocenters. The van der Waals surface area contributed by atoms with Crippen LogP contribution in [-0.2, 0) is 17.9 Å². The number of nitrogens with zero attached hydrogens (tertiary/aromatic N) is 6. The first-order valence-corrected chi connectivity index (χ1v) is 10.7. The van der Waals surface area contributed by atoms with Crippen LogP contribution in [0.3, 0.4) is 0 Å². The molecule has 2 aromatic heterocycles. The SMILES string of the molecule is Cc1ccc([C@@H]2Cn3nnc(C(=O)N4CCN(C(=O)c5ccncc5)CC4)c3CO2)cc1. The third kappa shape index (κ3) is 3.87. The summed E-state index contributed by atoms with van der Waals surface area (Å²) < 4.78 is 7.80. The van der Waals surface area contributed by atoms with Crippen molar-refractivity contribution in [3.63, 3.8) is 0 Å². The minimum Gasteiger partial charge on any atom is -0.365 e. The highest BCUT2D eigenvalue weighted by Crippen LogP contribution is 2.27. The van der Waals surface area contributed by atoms with Gasteiger partial charge in [0.15, 0.2) is 5.69 Å². The van der Waals surface area contributed by atoms with Gasteiger partial charge in [-0.15, -0.1) is 5.10 Å². The summed E-state index contributed by atoms with van der Waals surface area (Å²) in [6.07, 6.45) is 3.09. The largest absolute Gasteiger partial charge is 0.365 e. The fraction of sp³-hybridized carbons (Fsp3) is 0.348. The van der Waals surface area contributed by atoms with E-state index in [0.717, 1.165) is 5.56 Å². The van der Waals surface area contributed by atoms with Crippen molar-refractivity contribution in [3.05, 3.63) is 76.9 Å². The molecule has 0 bridgehead atoms. The lowest BCUT2D eigenvalue weighted by Crippen LogP contribution is -2.50. The van der Waals surface area contributed by atoms with Crippen molar-refractivity contribution < 1.29 is 14.3 Å². The smallest absolute Gasteiger partial charge is 0.276 e. The number of carbonyl (C=O) groups is 2. The first-order chi connectivity index (χ1) is 15.6. The number of ether oxygens (including phenoxy) is 1. The van der Waals surface area contributed by atoms with Gasteiger partial charge in [-0.3, -0.25) is 14.6 Å². The maximum atomic E-state index is 13.1. The van der Waals surface area contributed by atoms with E-state index in [4.69, 9.17) is 4.74 Å². The van der Waals surface area contributed by atoms with Gasteiger partial charge in [-0.25, -0.2) is 4.68 Å². The van der Waals surface area contributed by atoms with Crippen molar-refractivity contribution in [3.8, 4) is 0 Å². The average Bonchev–Trinajstić information content (AvgIpc) is 3.27. The molecule has 3 aromatic rings. The summed E-state index contributed by atoms with van der Waals surface area (Å²) in [5.74, 6) is -0.212. The third-order valence-corrected chi connectivity index (χ3v) is 6.03. The summed E-state index contributed by atoms with van der Waals surface area (Å²) in [5, 5.41) is 8.39. The molecule has 2 amide bonds. The van der Waals surface area contributed by atoms with Gasteiger partial charge in [-0.05, 0) is 24.6 Å². The van der Waals surface area contributed by atoms with E-state index in [-0.39, 0.29) is 24.5 Å². The second-order valence-electron chi connectivity index (χ2n) is 8.10. The molecule has 0 spiro atoms. The quantitative estimate of drug-likeness (QED) is 0.627. The van der Waals surface area contributed by atoms with E-state index in [2.05, 4.69) is 39.6 Å². The van der Waals surface area contributed by atoms with Crippen molar-refractivity contribution in [2.45, 2.75) is 26.2 Å². The Hall–Kier alpha value is -3.59. The molecule has 2 aliphatic heterocycles. The molecular weight excluding hydrogens is 408 g/mol. The topological polar surface area (TPSA) is 93.5 Å². The van der Waals surface area contributed by atoms with Gasteiger partial charge in [-0.1, -0.05) is 35.0 Å². The summed E-state index contributed by atoms with van der Waals surface area (Å²) in [5.41, 5.74) is 3.92. The molecule has 0 radical (unpaired) electrons. The van der Waals surface area contributed by atoms with Gasteiger partial charge in [0.05, 0.1) is 18.8 Å². The Balaban J connectivity index is 1.23. The van der Waals surface area contributed by atoms with Crippen LogP contribution in [0.2, 0.25) is 0 Å².